The summed E-state index contributed by atoms with van der Waals surface area (Å²) in [5.41, 5.74) is -1.03. The van der Waals surface area contributed by atoms with E-state index in [0.717, 1.165) is 6.07 Å². The molecule has 0 amide bonds. The molecule has 1 atom stereocenters. The SMILES string of the molecule is C=C(C)C(O)c1cc(F)cc(C(F)(F)F)c1. The van der Waals surface area contributed by atoms with Crippen LogP contribution in [0.15, 0.2) is 30.4 Å². The molecule has 0 aliphatic heterocycles. The van der Waals surface area contributed by atoms with E-state index in [9.17, 15) is 22.7 Å². The Morgan fingerprint density at radius 3 is 2.31 bits per heavy atom. The second kappa shape index (κ2) is 4.25. The minimum absolute atomic E-state index is 0.153. The monoisotopic (exact) mass is 234 g/mol. The third-order valence-corrected chi connectivity index (χ3v) is 2.03. The number of hydrogen-bond acceptors (Lipinski definition) is 1. The summed E-state index contributed by atoms with van der Waals surface area (Å²) in [6.45, 7) is 4.85. The van der Waals surface area contributed by atoms with Crippen molar-refractivity contribution >= 4 is 0 Å². The van der Waals surface area contributed by atoms with Gasteiger partial charge in [0.1, 0.15) is 5.82 Å². The van der Waals surface area contributed by atoms with Crippen LogP contribution >= 0.6 is 0 Å². The van der Waals surface area contributed by atoms with Gasteiger partial charge in [0.2, 0.25) is 0 Å². The molecule has 0 bridgehead atoms. The van der Waals surface area contributed by atoms with Crippen LogP contribution in [0.2, 0.25) is 0 Å². The summed E-state index contributed by atoms with van der Waals surface area (Å²) in [5.74, 6) is -1.04. The fourth-order valence-electron chi connectivity index (χ4n) is 1.22. The topological polar surface area (TPSA) is 20.2 Å². The summed E-state index contributed by atoms with van der Waals surface area (Å²) < 4.78 is 50.0. The lowest BCUT2D eigenvalue weighted by molar-refractivity contribution is -0.137. The number of halogens is 4. The highest BCUT2D eigenvalue weighted by Gasteiger charge is 2.31. The normalized spacial score (nSPS) is 13.6. The van der Waals surface area contributed by atoms with Gasteiger partial charge in [-0.2, -0.15) is 13.2 Å². The van der Waals surface area contributed by atoms with E-state index in [1.807, 2.05) is 0 Å². The second-order valence-corrected chi connectivity index (χ2v) is 3.52. The van der Waals surface area contributed by atoms with Gasteiger partial charge in [-0.3, -0.25) is 0 Å². The molecule has 0 fully saturated rings. The Labute approximate surface area is 90.0 Å². The molecule has 5 heteroatoms. The summed E-state index contributed by atoms with van der Waals surface area (Å²) in [7, 11) is 0. The zero-order chi connectivity index (χ0) is 12.5. The van der Waals surface area contributed by atoms with Gasteiger partial charge in [0.05, 0.1) is 11.7 Å². The maximum Gasteiger partial charge on any atom is 0.416 e. The first-order valence-corrected chi connectivity index (χ1v) is 4.43. The van der Waals surface area contributed by atoms with E-state index in [2.05, 4.69) is 6.58 Å². The van der Waals surface area contributed by atoms with Gasteiger partial charge in [-0.25, -0.2) is 4.39 Å². The molecule has 0 aliphatic carbocycles. The van der Waals surface area contributed by atoms with Crippen LogP contribution < -0.4 is 0 Å². The first-order valence-electron chi connectivity index (χ1n) is 4.43. The number of hydrogen-bond donors (Lipinski definition) is 1. The average Bonchev–Trinajstić information content (AvgIpc) is 2.14. The van der Waals surface area contributed by atoms with Crippen LogP contribution in [-0.2, 0) is 6.18 Å². The highest BCUT2D eigenvalue weighted by molar-refractivity contribution is 5.31. The van der Waals surface area contributed by atoms with Crippen molar-refractivity contribution in [3.63, 3.8) is 0 Å². The van der Waals surface area contributed by atoms with E-state index in [4.69, 9.17) is 0 Å². The molecule has 0 saturated heterocycles. The predicted molar refractivity (Wildman–Crippen MR) is 51.2 cm³/mol. The zero-order valence-electron chi connectivity index (χ0n) is 8.48. The van der Waals surface area contributed by atoms with Gasteiger partial charge < -0.3 is 5.11 Å². The Morgan fingerprint density at radius 1 is 1.31 bits per heavy atom. The van der Waals surface area contributed by atoms with Crippen molar-refractivity contribution in [1.29, 1.82) is 0 Å². The highest BCUT2D eigenvalue weighted by atomic mass is 19.4. The number of alkyl halides is 3. The summed E-state index contributed by atoms with van der Waals surface area (Å²) in [6, 6.07) is 1.95. The Kier molecular flexibility index (Phi) is 3.38. The van der Waals surface area contributed by atoms with Gasteiger partial charge >= 0.3 is 6.18 Å². The van der Waals surface area contributed by atoms with Gasteiger partial charge in [-0.1, -0.05) is 6.58 Å². The van der Waals surface area contributed by atoms with Crippen LogP contribution in [0.5, 0.6) is 0 Å². The fraction of sp³-hybridized carbons (Fsp3) is 0.273. The van der Waals surface area contributed by atoms with Crippen molar-refractivity contribution in [1.82, 2.24) is 0 Å². The molecular formula is C11H10F4O. The summed E-state index contributed by atoms with van der Waals surface area (Å²) in [5, 5.41) is 9.48. The van der Waals surface area contributed by atoms with Gasteiger partial charge in [0.15, 0.2) is 0 Å². The molecule has 1 aromatic carbocycles. The number of benzene rings is 1. The minimum atomic E-state index is -4.63. The lowest BCUT2D eigenvalue weighted by Crippen LogP contribution is -2.08. The molecule has 0 saturated carbocycles. The van der Waals surface area contributed by atoms with E-state index in [1.54, 1.807) is 0 Å². The second-order valence-electron chi connectivity index (χ2n) is 3.52. The average molecular weight is 234 g/mol. The largest absolute Gasteiger partial charge is 0.416 e. The molecule has 1 N–H and O–H groups in total. The van der Waals surface area contributed by atoms with Crippen molar-refractivity contribution in [2.45, 2.75) is 19.2 Å². The molecule has 88 valence electrons. The van der Waals surface area contributed by atoms with Crippen LogP contribution in [0.3, 0.4) is 0 Å². The number of aliphatic hydroxyl groups is 1. The van der Waals surface area contributed by atoms with E-state index in [0.29, 0.717) is 12.1 Å². The first-order chi connectivity index (χ1) is 7.21. The van der Waals surface area contributed by atoms with Crippen LogP contribution in [-0.4, -0.2) is 5.11 Å². The Morgan fingerprint density at radius 2 is 1.88 bits per heavy atom. The molecule has 0 radical (unpaired) electrons. The van der Waals surface area contributed by atoms with Crippen molar-refractivity contribution < 1.29 is 22.7 Å². The molecule has 0 aromatic heterocycles. The first kappa shape index (κ1) is 12.7. The molecule has 16 heavy (non-hydrogen) atoms. The molecule has 1 nitrogen and oxygen atoms in total. The smallest absolute Gasteiger partial charge is 0.384 e. The molecular weight excluding hydrogens is 224 g/mol. The molecule has 0 heterocycles. The predicted octanol–water partition coefficient (Wildman–Crippen LogP) is 3.45. The van der Waals surface area contributed by atoms with E-state index in [-0.39, 0.29) is 11.1 Å². The Hall–Kier alpha value is -1.36. The Bertz CT molecular complexity index is 409. The number of rotatable bonds is 2. The lowest BCUT2D eigenvalue weighted by Gasteiger charge is -2.14. The summed E-state index contributed by atoms with van der Waals surface area (Å²) in [4.78, 5) is 0. The molecule has 1 unspecified atom stereocenters. The number of aliphatic hydroxyl groups excluding tert-OH is 1. The third kappa shape index (κ3) is 2.82. The maximum absolute atomic E-state index is 12.9. The van der Waals surface area contributed by atoms with Gasteiger partial charge in [-0.05, 0) is 36.3 Å². The molecule has 0 spiro atoms. The molecule has 0 aliphatic rings. The molecule has 1 rings (SSSR count). The van der Waals surface area contributed by atoms with Gasteiger partial charge in [-0.15, -0.1) is 0 Å². The maximum atomic E-state index is 12.9. The zero-order valence-corrected chi connectivity index (χ0v) is 8.48. The standard InChI is InChI=1S/C11H10F4O/c1-6(2)10(16)7-3-8(11(13,14)15)5-9(12)4-7/h3-5,10,16H,1H2,2H3. The lowest BCUT2D eigenvalue weighted by atomic mass is 10.0. The van der Waals surface area contributed by atoms with Crippen molar-refractivity contribution in [2.75, 3.05) is 0 Å². The van der Waals surface area contributed by atoms with Crippen LogP contribution in [0, 0.1) is 5.82 Å². The van der Waals surface area contributed by atoms with Crippen molar-refractivity contribution in [3.8, 4) is 0 Å². The van der Waals surface area contributed by atoms with Crippen molar-refractivity contribution in [2.24, 2.45) is 0 Å². The minimum Gasteiger partial charge on any atom is -0.384 e. The van der Waals surface area contributed by atoms with Gasteiger partial charge in [0, 0.05) is 0 Å². The summed E-state index contributed by atoms with van der Waals surface area (Å²) >= 11 is 0. The quantitative estimate of drug-likeness (QED) is 0.613. The van der Waals surface area contributed by atoms with E-state index >= 15 is 0 Å². The fourth-order valence-corrected chi connectivity index (χ4v) is 1.22. The molecule has 1 aromatic rings. The van der Waals surface area contributed by atoms with Crippen molar-refractivity contribution in [3.05, 3.63) is 47.3 Å². The third-order valence-electron chi connectivity index (χ3n) is 2.03. The van der Waals surface area contributed by atoms with Crippen LogP contribution in [0.1, 0.15) is 24.2 Å². The van der Waals surface area contributed by atoms with Crippen LogP contribution in [0.25, 0.3) is 0 Å². The summed E-state index contributed by atoms with van der Waals surface area (Å²) in [6.07, 6.45) is -5.93. The van der Waals surface area contributed by atoms with E-state index < -0.39 is 23.7 Å². The van der Waals surface area contributed by atoms with Gasteiger partial charge in [0.25, 0.3) is 0 Å². The Balaban J connectivity index is 3.23. The highest BCUT2D eigenvalue weighted by Crippen LogP contribution is 2.32. The van der Waals surface area contributed by atoms with E-state index in [1.165, 1.54) is 6.92 Å². The van der Waals surface area contributed by atoms with Crippen LogP contribution in [0.4, 0.5) is 17.6 Å².